The number of benzene rings is 1. The molecule has 0 amide bonds. The summed E-state index contributed by atoms with van der Waals surface area (Å²) in [4.78, 5) is 10.8. The van der Waals surface area contributed by atoms with Gasteiger partial charge in [-0.25, -0.2) is 0 Å². The van der Waals surface area contributed by atoms with Crippen LogP contribution in [0.5, 0.6) is 5.75 Å². The summed E-state index contributed by atoms with van der Waals surface area (Å²) >= 11 is 0. The van der Waals surface area contributed by atoms with Crippen LogP contribution in [0.2, 0.25) is 0 Å². The summed E-state index contributed by atoms with van der Waals surface area (Å²) in [5.41, 5.74) is 2.72. The molecule has 1 N–H and O–H groups in total. The second kappa shape index (κ2) is 4.96. The quantitative estimate of drug-likeness (QED) is 0.900. The lowest BCUT2D eigenvalue weighted by Gasteiger charge is -2.11. The maximum absolute atomic E-state index is 10.8. The zero-order valence-corrected chi connectivity index (χ0v) is 10.4. The van der Waals surface area contributed by atoms with Gasteiger partial charge in [-0.05, 0) is 43.3 Å². The zero-order chi connectivity index (χ0) is 13.1. The number of carbonyl (C=O) groups is 1. The molecule has 1 aromatic carbocycles. The number of nitrogens with zero attached hydrogens (tertiary/aromatic N) is 1. The Morgan fingerprint density at radius 2 is 1.89 bits per heavy atom. The largest absolute Gasteiger partial charge is 0.497 e. The number of aryl methyl sites for hydroxylation is 1. The minimum atomic E-state index is -0.831. The summed E-state index contributed by atoms with van der Waals surface area (Å²) in [6.45, 7) is 1.95. The van der Waals surface area contributed by atoms with E-state index in [9.17, 15) is 4.79 Å². The van der Waals surface area contributed by atoms with Crippen LogP contribution < -0.4 is 4.74 Å². The maximum Gasteiger partial charge on any atom is 0.309 e. The van der Waals surface area contributed by atoms with Crippen molar-refractivity contribution in [2.45, 2.75) is 13.3 Å². The van der Waals surface area contributed by atoms with Gasteiger partial charge < -0.3 is 14.4 Å². The second-order valence-electron chi connectivity index (χ2n) is 4.07. The predicted octanol–water partition coefficient (Wildman–Crippen LogP) is 2.42. The van der Waals surface area contributed by atoms with E-state index in [1.165, 1.54) is 0 Å². The summed E-state index contributed by atoms with van der Waals surface area (Å²) < 4.78 is 7.05. The third-order valence-corrected chi connectivity index (χ3v) is 2.82. The van der Waals surface area contributed by atoms with E-state index in [4.69, 9.17) is 9.84 Å². The lowest BCUT2D eigenvalue weighted by molar-refractivity contribution is -0.136. The van der Waals surface area contributed by atoms with E-state index >= 15 is 0 Å². The van der Waals surface area contributed by atoms with Crippen LogP contribution in [0, 0.1) is 6.92 Å². The van der Waals surface area contributed by atoms with Crippen LogP contribution in [0.25, 0.3) is 5.69 Å². The number of methoxy groups -OCH3 is 1. The average molecular weight is 245 g/mol. The minimum Gasteiger partial charge on any atom is -0.497 e. The summed E-state index contributed by atoms with van der Waals surface area (Å²) in [5, 5.41) is 8.90. The molecule has 2 aromatic rings. The Kier molecular flexibility index (Phi) is 3.37. The van der Waals surface area contributed by atoms with Crippen molar-refractivity contribution >= 4 is 5.97 Å². The van der Waals surface area contributed by atoms with E-state index in [1.807, 2.05) is 47.9 Å². The zero-order valence-electron chi connectivity index (χ0n) is 10.4. The number of carboxylic acid groups (broad SMARTS) is 1. The molecule has 0 bridgehead atoms. The second-order valence-corrected chi connectivity index (χ2v) is 4.07. The van der Waals surface area contributed by atoms with Crippen molar-refractivity contribution in [3.05, 3.63) is 47.8 Å². The minimum absolute atomic E-state index is 0.0138. The Morgan fingerprint density at radius 3 is 2.44 bits per heavy atom. The number of hydrogen-bond donors (Lipinski definition) is 1. The van der Waals surface area contributed by atoms with Gasteiger partial charge >= 0.3 is 5.97 Å². The fourth-order valence-corrected chi connectivity index (χ4v) is 1.99. The van der Waals surface area contributed by atoms with Gasteiger partial charge in [-0.1, -0.05) is 0 Å². The molecule has 0 atom stereocenters. The third kappa shape index (κ3) is 2.37. The molecule has 0 unspecified atom stereocenters. The van der Waals surface area contributed by atoms with Gasteiger partial charge in [0.05, 0.1) is 13.5 Å². The molecule has 94 valence electrons. The van der Waals surface area contributed by atoms with Gasteiger partial charge in [0.2, 0.25) is 0 Å². The summed E-state index contributed by atoms with van der Waals surface area (Å²) in [6, 6.07) is 11.3. The first kappa shape index (κ1) is 12.2. The Hall–Kier alpha value is -2.23. The molecule has 0 fully saturated rings. The lowest BCUT2D eigenvalue weighted by atomic mass is 10.2. The standard InChI is InChI=1S/C14H15NO3/c1-10-3-4-12(9-14(16)17)15(10)11-5-7-13(18-2)8-6-11/h3-8H,9H2,1-2H3,(H,16,17). The van der Waals surface area contributed by atoms with Crippen molar-refractivity contribution in [3.63, 3.8) is 0 Å². The number of carboxylic acids is 1. The van der Waals surface area contributed by atoms with Crippen LogP contribution >= 0.6 is 0 Å². The molecule has 0 saturated carbocycles. The monoisotopic (exact) mass is 245 g/mol. The van der Waals surface area contributed by atoms with Crippen molar-refractivity contribution in [2.75, 3.05) is 7.11 Å². The highest BCUT2D eigenvalue weighted by molar-refractivity contribution is 5.70. The topological polar surface area (TPSA) is 51.5 Å². The molecule has 1 aromatic heterocycles. The predicted molar refractivity (Wildman–Crippen MR) is 68.4 cm³/mol. The van der Waals surface area contributed by atoms with Gasteiger partial charge in [-0.3, -0.25) is 4.79 Å². The van der Waals surface area contributed by atoms with E-state index in [-0.39, 0.29) is 6.42 Å². The van der Waals surface area contributed by atoms with E-state index in [2.05, 4.69) is 0 Å². The third-order valence-electron chi connectivity index (χ3n) is 2.82. The van der Waals surface area contributed by atoms with Crippen LogP contribution in [0.1, 0.15) is 11.4 Å². The molecule has 2 rings (SSSR count). The van der Waals surface area contributed by atoms with E-state index in [1.54, 1.807) is 7.11 Å². The number of ether oxygens (including phenoxy) is 1. The molecule has 0 saturated heterocycles. The number of aromatic nitrogens is 1. The Balaban J connectivity index is 2.42. The molecular formula is C14H15NO3. The smallest absolute Gasteiger partial charge is 0.309 e. The van der Waals surface area contributed by atoms with Crippen molar-refractivity contribution in [3.8, 4) is 11.4 Å². The number of aliphatic carboxylic acids is 1. The van der Waals surface area contributed by atoms with Crippen LogP contribution in [0.15, 0.2) is 36.4 Å². The van der Waals surface area contributed by atoms with Crippen LogP contribution in [0.3, 0.4) is 0 Å². The molecule has 0 spiro atoms. The van der Waals surface area contributed by atoms with Crippen LogP contribution in [-0.2, 0) is 11.2 Å². The molecule has 18 heavy (non-hydrogen) atoms. The highest BCUT2D eigenvalue weighted by Crippen LogP contribution is 2.20. The normalized spacial score (nSPS) is 10.3. The molecular weight excluding hydrogens is 230 g/mol. The molecule has 4 heteroatoms. The van der Waals surface area contributed by atoms with Gasteiger partial charge in [0.25, 0.3) is 0 Å². The van der Waals surface area contributed by atoms with Crippen molar-refractivity contribution in [1.82, 2.24) is 4.57 Å². The first-order chi connectivity index (χ1) is 8.61. The molecule has 0 aliphatic heterocycles. The fourth-order valence-electron chi connectivity index (χ4n) is 1.99. The lowest BCUT2D eigenvalue weighted by Crippen LogP contribution is -2.07. The summed E-state index contributed by atoms with van der Waals surface area (Å²) in [7, 11) is 1.62. The SMILES string of the molecule is COc1ccc(-n2c(C)ccc2CC(=O)O)cc1. The number of rotatable bonds is 4. The fraction of sp³-hybridized carbons (Fsp3) is 0.214. The molecule has 0 radical (unpaired) electrons. The van der Waals surface area contributed by atoms with Crippen LogP contribution in [0.4, 0.5) is 0 Å². The van der Waals surface area contributed by atoms with Crippen molar-refractivity contribution < 1.29 is 14.6 Å². The maximum atomic E-state index is 10.8. The van der Waals surface area contributed by atoms with Crippen LogP contribution in [-0.4, -0.2) is 22.8 Å². The highest BCUT2D eigenvalue weighted by atomic mass is 16.5. The number of hydrogen-bond acceptors (Lipinski definition) is 2. The van der Waals surface area contributed by atoms with Gasteiger partial charge in [-0.15, -0.1) is 0 Å². The molecule has 0 aliphatic rings. The van der Waals surface area contributed by atoms with Gasteiger partial charge in [0.1, 0.15) is 5.75 Å². The first-order valence-electron chi connectivity index (χ1n) is 5.65. The van der Waals surface area contributed by atoms with Gasteiger partial charge in [-0.2, -0.15) is 0 Å². The molecule has 0 aliphatic carbocycles. The van der Waals surface area contributed by atoms with E-state index in [0.717, 1.165) is 22.8 Å². The van der Waals surface area contributed by atoms with Crippen molar-refractivity contribution in [2.24, 2.45) is 0 Å². The Morgan fingerprint density at radius 1 is 1.22 bits per heavy atom. The Labute approximate surface area is 105 Å². The summed E-state index contributed by atoms with van der Waals surface area (Å²) in [6.07, 6.45) is 0.0138. The van der Waals surface area contributed by atoms with E-state index in [0.29, 0.717) is 0 Å². The first-order valence-corrected chi connectivity index (χ1v) is 5.65. The Bertz CT molecular complexity index is 555. The molecule has 4 nitrogen and oxygen atoms in total. The van der Waals surface area contributed by atoms with Gasteiger partial charge in [0.15, 0.2) is 0 Å². The summed E-state index contributed by atoms with van der Waals surface area (Å²) in [5.74, 6) is -0.0498. The van der Waals surface area contributed by atoms with Gasteiger partial charge in [0, 0.05) is 17.1 Å². The highest BCUT2D eigenvalue weighted by Gasteiger charge is 2.10. The van der Waals surface area contributed by atoms with E-state index < -0.39 is 5.97 Å². The van der Waals surface area contributed by atoms with Crippen molar-refractivity contribution in [1.29, 1.82) is 0 Å². The molecule has 1 heterocycles. The average Bonchev–Trinajstić information content (AvgIpc) is 2.70.